The van der Waals surface area contributed by atoms with E-state index in [1.54, 1.807) is 27.7 Å². The molecule has 20 bridgehead atoms. The van der Waals surface area contributed by atoms with Crippen molar-refractivity contribution in [2.45, 2.75) is 504 Å². The molecule has 25 aliphatic rings. The third-order valence-electron chi connectivity index (χ3n) is 39.8. The first kappa shape index (κ1) is 108. The first-order valence-corrected chi connectivity index (χ1v) is 54.3. The van der Waals surface area contributed by atoms with Crippen LogP contribution in [-0.2, 0) is 110 Å². The fraction of sp³-hybridized carbons (Fsp3) is 0.902. The van der Waals surface area contributed by atoms with Crippen molar-refractivity contribution in [3.63, 3.8) is 0 Å². The molecule has 21 unspecified atom stereocenters. The van der Waals surface area contributed by atoms with E-state index < -0.39 is 116 Å². The van der Waals surface area contributed by atoms with Gasteiger partial charge in [-0.05, 0) is 344 Å². The lowest BCUT2D eigenvalue weighted by molar-refractivity contribution is -0.265. The molecule has 140 heavy (non-hydrogen) atoms. The summed E-state index contributed by atoms with van der Waals surface area (Å²) in [7, 11) is 0. The molecule has 20 saturated carbocycles. The molecule has 20 aliphatic carbocycles. The van der Waals surface area contributed by atoms with E-state index in [1.807, 2.05) is 104 Å². The van der Waals surface area contributed by atoms with E-state index in [0.717, 1.165) is 125 Å². The van der Waals surface area contributed by atoms with E-state index >= 15 is 0 Å². The summed E-state index contributed by atoms with van der Waals surface area (Å²) < 4.78 is 73.5. The van der Waals surface area contributed by atoms with Crippen molar-refractivity contribution in [3.05, 3.63) is 0 Å². The van der Waals surface area contributed by atoms with Crippen LogP contribution in [0.5, 0.6) is 0 Å². The maximum absolute atomic E-state index is 12.6. The van der Waals surface area contributed by atoms with Crippen molar-refractivity contribution < 1.29 is 130 Å². The summed E-state index contributed by atoms with van der Waals surface area (Å²) in [4.78, 5) is 121. The van der Waals surface area contributed by atoms with Gasteiger partial charge in [-0.3, -0.25) is 43.2 Å². The molecule has 5 saturated heterocycles. The normalized spacial score (nSPS) is 42.3. The van der Waals surface area contributed by atoms with Crippen LogP contribution in [0, 0.1) is 143 Å². The Bertz CT molecular complexity index is 4530. The van der Waals surface area contributed by atoms with Gasteiger partial charge in [0.2, 0.25) is 6.10 Å². The summed E-state index contributed by atoms with van der Waals surface area (Å²) in [6.07, 6.45) is 27.4. The van der Waals surface area contributed by atoms with Crippen LogP contribution < -0.4 is 0 Å². The maximum Gasteiger partial charge on any atom is 0.350 e. The Morgan fingerprint density at radius 3 is 1.21 bits per heavy atom. The third kappa shape index (κ3) is 20.6. The highest BCUT2D eigenvalue weighted by Crippen LogP contribution is 2.69. The van der Waals surface area contributed by atoms with E-state index in [4.69, 9.17) is 61.6 Å². The molecular weight excluding hydrogens is 1790 g/mol. The minimum atomic E-state index is -1.07. The molecule has 0 spiro atoms. The lowest BCUT2D eigenvalue weighted by atomic mass is 9.46. The number of hydrogen-bond acceptors (Lipinski definition) is 28. The molecule has 5 heterocycles. The summed E-state index contributed by atoms with van der Waals surface area (Å²) in [6, 6.07) is 2.15. The molecule has 0 aromatic rings. The second-order valence-corrected chi connectivity index (χ2v) is 53.8. The number of nitrogens with zero attached hydrogens (tertiary/aromatic N) is 1. The van der Waals surface area contributed by atoms with Gasteiger partial charge in [-0.15, -0.1) is 0 Å². The molecule has 0 aromatic heterocycles. The lowest BCUT2D eigenvalue weighted by Crippen LogP contribution is -2.67. The van der Waals surface area contributed by atoms with Gasteiger partial charge >= 0.3 is 59.7 Å². The van der Waals surface area contributed by atoms with Crippen LogP contribution in [0.15, 0.2) is 0 Å². The Labute approximate surface area is 832 Å². The highest BCUT2D eigenvalue weighted by molar-refractivity contribution is 5.86. The second-order valence-electron chi connectivity index (χ2n) is 53.8. The number of rotatable bonds is 23. The SMILES string of the molecule is CCC(C)(C)C(=O)OC(C)(C)C12CC3CC(CC(C3)C1)C2.CCC(C)(C)C(=O)OC(C)(C)C12CC3CC(CC(C3)C1)C2.CCC(C)(C)C(=O)OC12CC3CC(O)(CC(O)(C3)C1)C2.CCC(C)(C)C(=O)OC1C(=O)OC2C3OC(C)(C)OC3OC12.CCC(C)(C)C(=O)OC1C2CC3C1OC(=O)C3(C#N)C2.CCC(C)C(=O)OC12CC3CC(O)(CC(O)(C3)C1)C2.CCC(C)C(=O)OC1C2CC3C(=O)OC1C3C2. The van der Waals surface area contributed by atoms with Crippen LogP contribution in [0.2, 0.25) is 0 Å². The summed E-state index contributed by atoms with van der Waals surface area (Å²) >= 11 is 0. The van der Waals surface area contributed by atoms with Crippen LogP contribution in [0.4, 0.5) is 0 Å². The monoisotopic (exact) mass is 1960 g/mol. The fourth-order valence-corrected chi connectivity index (χ4v) is 30.6. The molecule has 4 N–H and O–H groups in total. The van der Waals surface area contributed by atoms with E-state index in [0.29, 0.717) is 69.6 Å². The quantitative estimate of drug-likeness (QED) is 0.0545. The summed E-state index contributed by atoms with van der Waals surface area (Å²) in [5.41, 5.74) is -8.13. The molecule has 28 nitrogen and oxygen atoms in total. The van der Waals surface area contributed by atoms with Crippen molar-refractivity contribution in [2.24, 2.45) is 132 Å². The molecule has 0 radical (unpaired) electrons. The zero-order valence-electron chi connectivity index (χ0n) is 89.2. The highest BCUT2D eigenvalue weighted by atomic mass is 16.9. The number of nitriles is 1. The Morgan fingerprint density at radius 2 is 0.793 bits per heavy atom. The minimum Gasteiger partial charge on any atom is -0.459 e. The summed E-state index contributed by atoms with van der Waals surface area (Å²) in [6.45, 7) is 48.9. The number of carbonyl (C=O) groups is 10. The molecule has 788 valence electrons. The number of hydrogen-bond donors (Lipinski definition) is 4. The van der Waals surface area contributed by atoms with Gasteiger partial charge < -0.3 is 82.0 Å². The number of aliphatic hydroxyl groups is 4. The largest absolute Gasteiger partial charge is 0.459 e. The average molecular weight is 1970 g/mol. The van der Waals surface area contributed by atoms with Gasteiger partial charge in [0.15, 0.2) is 29.7 Å². The van der Waals surface area contributed by atoms with Crippen molar-refractivity contribution in [1.82, 2.24) is 0 Å². The Hall–Kier alpha value is -6.09. The van der Waals surface area contributed by atoms with E-state index in [9.17, 15) is 73.6 Å². The number of carbonyl (C=O) groups excluding carboxylic acids is 10. The number of esters is 10. The first-order chi connectivity index (χ1) is 64.8. The van der Waals surface area contributed by atoms with Crippen LogP contribution in [0.1, 0.15) is 398 Å². The molecule has 0 aromatic carbocycles. The lowest BCUT2D eigenvalue weighted by Gasteiger charge is -2.62. The topological polar surface area (TPSA) is 395 Å². The molecular formula is C112H173NO27. The highest BCUT2D eigenvalue weighted by Gasteiger charge is 2.74. The minimum absolute atomic E-state index is 0.00857. The zero-order chi connectivity index (χ0) is 103. The zero-order valence-corrected chi connectivity index (χ0v) is 89.2. The average Bonchev–Trinajstić information content (AvgIpc) is 1.48. The molecule has 28 heteroatoms. The Kier molecular flexibility index (Phi) is 29.3. The van der Waals surface area contributed by atoms with E-state index in [2.05, 4.69) is 47.6 Å². The summed E-state index contributed by atoms with van der Waals surface area (Å²) in [5, 5.41) is 51.8. The predicted molar refractivity (Wildman–Crippen MR) is 513 cm³/mol. The van der Waals surface area contributed by atoms with Crippen molar-refractivity contribution in [1.29, 1.82) is 5.26 Å². The van der Waals surface area contributed by atoms with Crippen LogP contribution in [0.3, 0.4) is 0 Å². The van der Waals surface area contributed by atoms with Crippen molar-refractivity contribution in [3.8, 4) is 6.07 Å². The van der Waals surface area contributed by atoms with Gasteiger partial charge in [0, 0.05) is 73.0 Å². The second kappa shape index (κ2) is 37.9. The predicted octanol–water partition coefficient (Wildman–Crippen LogP) is 18.3. The van der Waals surface area contributed by atoms with E-state index in [1.165, 1.54) is 77.0 Å². The Balaban J connectivity index is 0.000000124. The molecule has 0 amide bonds. The molecule has 25 fully saturated rings. The molecule has 5 aliphatic heterocycles. The van der Waals surface area contributed by atoms with Gasteiger partial charge in [0.25, 0.3) is 0 Å². The molecule has 25 rings (SSSR count). The molecule has 21 atom stereocenters. The van der Waals surface area contributed by atoms with Gasteiger partial charge in [-0.1, -0.05) is 62.3 Å². The standard InChI is InChI=1S/2C19H32O2.C16H26O4.C15H19NO4.C15H22O7.C15H24O4.C13H18O4/c2*1-6-17(2,3)16(20)21-18(4,5)19-10-13-7-14(11-19)9-15(8-13)12-19;1-4-13(2,3)12(17)20-16-7-11-5-14(18,9-16)8-15(19,6-11)10-16;1-4-14(2,3)12(17)19-10-8-5-9-11(10)20-13(18)15(9,6-8)7-16;1-6-14(2,3)13(17)20-9-7-8(18-11(9)16)10-12(19-7)22-15(4,5)21-10;1-3-10(2)12(16)19-15-6-11-4-13(17,8-15)7-14(18,5-11)9-15;1-3-6(2)12(14)16-10-7-4-8-9(5-7)13(15)17-11(8)10/h2*13-15H,6-12H2,1-5H3;11,18-19H,4-10H2,1-3H3;8-11H,4-6H2,1-3H3;7-10,12H,6H2,1-5H3;10-11,17-18H,3-9H2,1-2H3;6-11H,3-5H2,1-2H3. The Morgan fingerprint density at radius 1 is 0.400 bits per heavy atom. The third-order valence-corrected chi connectivity index (χ3v) is 39.8. The fourth-order valence-electron chi connectivity index (χ4n) is 30.6. The van der Waals surface area contributed by atoms with Gasteiger partial charge in [0.05, 0.1) is 73.3 Å². The van der Waals surface area contributed by atoms with E-state index in [-0.39, 0.29) is 134 Å². The summed E-state index contributed by atoms with van der Waals surface area (Å²) in [5.74, 6) is 3.35. The van der Waals surface area contributed by atoms with Crippen molar-refractivity contribution >= 4 is 59.7 Å². The maximum atomic E-state index is 12.6. The van der Waals surface area contributed by atoms with Gasteiger partial charge in [-0.25, -0.2) is 4.79 Å². The van der Waals surface area contributed by atoms with Crippen LogP contribution in [0.25, 0.3) is 0 Å². The number of ether oxygens (including phenoxy) is 13. The first-order valence-electron chi connectivity index (χ1n) is 54.3. The smallest absolute Gasteiger partial charge is 0.350 e. The number of fused-ring (bicyclic) bond motifs is 5. The van der Waals surface area contributed by atoms with Crippen molar-refractivity contribution in [2.75, 3.05) is 0 Å². The van der Waals surface area contributed by atoms with Crippen LogP contribution in [-0.4, -0.2) is 186 Å². The van der Waals surface area contributed by atoms with Gasteiger partial charge in [0.1, 0.15) is 52.9 Å². The van der Waals surface area contributed by atoms with Crippen LogP contribution >= 0.6 is 0 Å². The van der Waals surface area contributed by atoms with Gasteiger partial charge in [-0.2, -0.15) is 5.26 Å².